The maximum Gasteiger partial charge on any atom is 0.176 e. The molecule has 1 N–H and O–H groups in total. The molecule has 4 nitrogen and oxygen atoms in total. The summed E-state index contributed by atoms with van der Waals surface area (Å²) >= 11 is 3.00. The zero-order chi connectivity index (χ0) is 12.1. The van der Waals surface area contributed by atoms with Crippen LogP contribution in [0.3, 0.4) is 0 Å². The predicted molar refractivity (Wildman–Crippen MR) is 70.4 cm³/mol. The quantitative estimate of drug-likeness (QED) is 0.900. The maximum atomic E-state index is 4.40. The standard InChI is InChI=1S/C11H14N4S2/c1-3-9-14-11(17-15-9)16-10-5-4-8(6-12-2)7-13-10/h4-5,7,12H,3,6H2,1-2H3. The van der Waals surface area contributed by atoms with Crippen LogP contribution < -0.4 is 5.32 Å². The monoisotopic (exact) mass is 266 g/mol. The summed E-state index contributed by atoms with van der Waals surface area (Å²) in [5, 5.41) is 4.06. The molecule has 0 aliphatic heterocycles. The molecule has 0 aromatic carbocycles. The van der Waals surface area contributed by atoms with Gasteiger partial charge >= 0.3 is 0 Å². The lowest BCUT2D eigenvalue weighted by Gasteiger charge is -2.00. The largest absolute Gasteiger partial charge is 0.316 e. The number of hydrogen-bond donors (Lipinski definition) is 1. The van der Waals surface area contributed by atoms with E-state index < -0.39 is 0 Å². The van der Waals surface area contributed by atoms with E-state index in [1.165, 1.54) is 17.1 Å². The fourth-order valence-corrected chi connectivity index (χ4v) is 2.88. The summed E-state index contributed by atoms with van der Waals surface area (Å²) in [6, 6.07) is 4.10. The number of aryl methyl sites for hydroxylation is 1. The van der Waals surface area contributed by atoms with Crippen LogP contribution in [0.15, 0.2) is 27.7 Å². The Morgan fingerprint density at radius 1 is 1.41 bits per heavy atom. The number of pyridine rings is 1. The third-order valence-electron chi connectivity index (χ3n) is 2.14. The molecule has 2 aromatic rings. The lowest BCUT2D eigenvalue weighted by atomic mass is 10.3. The van der Waals surface area contributed by atoms with Crippen LogP contribution >= 0.6 is 23.3 Å². The first-order valence-corrected chi connectivity index (χ1v) is 7.00. The van der Waals surface area contributed by atoms with Gasteiger partial charge in [-0.3, -0.25) is 0 Å². The van der Waals surface area contributed by atoms with Crippen LogP contribution in [0.1, 0.15) is 18.3 Å². The van der Waals surface area contributed by atoms with Crippen LogP contribution in [0.4, 0.5) is 0 Å². The summed E-state index contributed by atoms with van der Waals surface area (Å²) in [4.78, 5) is 8.79. The molecule has 0 unspecified atom stereocenters. The van der Waals surface area contributed by atoms with Crippen LogP contribution in [0.25, 0.3) is 0 Å². The third-order valence-corrected chi connectivity index (χ3v) is 3.88. The van der Waals surface area contributed by atoms with Crippen molar-refractivity contribution in [3.05, 3.63) is 29.7 Å². The van der Waals surface area contributed by atoms with Crippen molar-refractivity contribution in [3.63, 3.8) is 0 Å². The van der Waals surface area contributed by atoms with Gasteiger partial charge in [0, 0.05) is 19.2 Å². The van der Waals surface area contributed by atoms with Gasteiger partial charge in [-0.1, -0.05) is 13.0 Å². The average Bonchev–Trinajstić information content (AvgIpc) is 2.80. The number of rotatable bonds is 5. The molecule has 0 aliphatic rings. The predicted octanol–water partition coefficient (Wildman–Crippen LogP) is 2.37. The Morgan fingerprint density at radius 3 is 2.88 bits per heavy atom. The molecule has 0 saturated heterocycles. The Bertz CT molecular complexity index is 467. The Labute approximate surface area is 109 Å². The number of nitrogens with one attached hydrogen (secondary N) is 1. The van der Waals surface area contributed by atoms with Gasteiger partial charge in [0.15, 0.2) is 4.34 Å². The second-order valence-corrected chi connectivity index (χ2v) is 5.49. The summed E-state index contributed by atoms with van der Waals surface area (Å²) in [5.74, 6) is 0.907. The van der Waals surface area contributed by atoms with Gasteiger partial charge in [0.25, 0.3) is 0 Å². The Kier molecular flexibility index (Phi) is 4.47. The molecule has 90 valence electrons. The smallest absolute Gasteiger partial charge is 0.176 e. The first-order chi connectivity index (χ1) is 8.31. The number of aromatic nitrogens is 3. The maximum absolute atomic E-state index is 4.40. The molecule has 0 fully saturated rings. The molecular weight excluding hydrogens is 252 g/mol. The average molecular weight is 266 g/mol. The van der Waals surface area contributed by atoms with Crippen molar-refractivity contribution >= 4 is 23.3 Å². The van der Waals surface area contributed by atoms with Gasteiger partial charge in [0.2, 0.25) is 0 Å². The molecule has 17 heavy (non-hydrogen) atoms. The van der Waals surface area contributed by atoms with E-state index in [4.69, 9.17) is 0 Å². The summed E-state index contributed by atoms with van der Waals surface area (Å²) in [6.07, 6.45) is 2.77. The lowest BCUT2D eigenvalue weighted by molar-refractivity contribution is 0.809. The molecule has 0 aliphatic carbocycles. The third kappa shape index (κ3) is 3.49. The van der Waals surface area contributed by atoms with Crippen molar-refractivity contribution in [2.75, 3.05) is 7.05 Å². The minimum absolute atomic E-state index is 0.844. The van der Waals surface area contributed by atoms with Gasteiger partial charge in [0.1, 0.15) is 10.9 Å². The van der Waals surface area contributed by atoms with Gasteiger partial charge in [-0.2, -0.15) is 4.37 Å². The summed E-state index contributed by atoms with van der Waals surface area (Å²) < 4.78 is 5.20. The van der Waals surface area contributed by atoms with Gasteiger partial charge in [-0.25, -0.2) is 9.97 Å². The molecular formula is C11H14N4S2. The highest BCUT2D eigenvalue weighted by molar-refractivity contribution is 8.00. The van der Waals surface area contributed by atoms with E-state index in [-0.39, 0.29) is 0 Å². The minimum Gasteiger partial charge on any atom is -0.316 e. The number of nitrogens with zero attached hydrogens (tertiary/aromatic N) is 3. The van der Waals surface area contributed by atoms with Crippen molar-refractivity contribution in [1.29, 1.82) is 0 Å². The van der Waals surface area contributed by atoms with Gasteiger partial charge in [-0.15, -0.1) is 0 Å². The van der Waals surface area contributed by atoms with Crippen LogP contribution in [-0.2, 0) is 13.0 Å². The van der Waals surface area contributed by atoms with Crippen LogP contribution in [-0.4, -0.2) is 21.4 Å². The number of hydrogen-bond acceptors (Lipinski definition) is 6. The fourth-order valence-electron chi connectivity index (χ4n) is 1.29. The van der Waals surface area contributed by atoms with E-state index in [0.29, 0.717) is 0 Å². The van der Waals surface area contributed by atoms with Crippen LogP contribution in [0, 0.1) is 0 Å². The first-order valence-electron chi connectivity index (χ1n) is 5.41. The topological polar surface area (TPSA) is 50.7 Å². The highest BCUT2D eigenvalue weighted by Gasteiger charge is 2.05. The van der Waals surface area contributed by atoms with E-state index in [1.54, 1.807) is 11.8 Å². The molecule has 2 aromatic heterocycles. The molecule has 0 spiro atoms. The van der Waals surface area contributed by atoms with Crippen molar-refractivity contribution < 1.29 is 0 Å². The van der Waals surface area contributed by atoms with E-state index in [2.05, 4.69) is 32.6 Å². The Balaban J connectivity index is 2.03. The molecule has 6 heteroatoms. The second-order valence-electron chi connectivity index (χ2n) is 3.47. The van der Waals surface area contributed by atoms with E-state index >= 15 is 0 Å². The zero-order valence-electron chi connectivity index (χ0n) is 9.80. The zero-order valence-corrected chi connectivity index (χ0v) is 11.4. The van der Waals surface area contributed by atoms with Crippen LogP contribution in [0.5, 0.6) is 0 Å². The molecule has 0 bridgehead atoms. The van der Waals surface area contributed by atoms with E-state index in [1.807, 2.05) is 19.3 Å². The minimum atomic E-state index is 0.844. The summed E-state index contributed by atoms with van der Waals surface area (Å²) in [6.45, 7) is 2.90. The summed E-state index contributed by atoms with van der Waals surface area (Å²) in [5.41, 5.74) is 1.18. The fraction of sp³-hybridized carbons (Fsp3) is 0.364. The molecule has 0 amide bonds. The van der Waals surface area contributed by atoms with Gasteiger partial charge < -0.3 is 5.32 Å². The molecule has 0 radical (unpaired) electrons. The highest BCUT2D eigenvalue weighted by atomic mass is 32.2. The first kappa shape index (κ1) is 12.5. The Morgan fingerprint density at radius 2 is 2.29 bits per heavy atom. The summed E-state index contributed by atoms with van der Waals surface area (Å²) in [7, 11) is 1.93. The van der Waals surface area contributed by atoms with E-state index in [0.717, 1.165) is 28.2 Å². The van der Waals surface area contributed by atoms with Gasteiger partial charge in [0.05, 0.1) is 0 Å². The molecule has 0 saturated carbocycles. The molecule has 2 rings (SSSR count). The van der Waals surface area contributed by atoms with Crippen molar-refractivity contribution in [1.82, 2.24) is 19.7 Å². The van der Waals surface area contributed by atoms with Crippen molar-refractivity contribution in [2.24, 2.45) is 0 Å². The SMILES string of the molecule is CCc1nsc(Sc2ccc(CNC)cn2)n1. The Hall–Kier alpha value is -0.980. The molecule has 0 atom stereocenters. The highest BCUT2D eigenvalue weighted by Crippen LogP contribution is 2.27. The normalized spacial score (nSPS) is 10.7. The van der Waals surface area contributed by atoms with Crippen LogP contribution in [0.2, 0.25) is 0 Å². The second kappa shape index (κ2) is 6.09. The van der Waals surface area contributed by atoms with Gasteiger partial charge in [-0.05, 0) is 42.0 Å². The lowest BCUT2D eigenvalue weighted by Crippen LogP contribution is -2.04. The van der Waals surface area contributed by atoms with Crippen molar-refractivity contribution in [3.8, 4) is 0 Å². The molecule has 2 heterocycles. The van der Waals surface area contributed by atoms with E-state index in [9.17, 15) is 0 Å². The van der Waals surface area contributed by atoms with Crippen molar-refractivity contribution in [2.45, 2.75) is 29.3 Å².